The quantitative estimate of drug-likeness (QED) is 0.392. The number of nitrogens with zero attached hydrogens (tertiary/aromatic N) is 1. The number of benzene rings is 1. The van der Waals surface area contributed by atoms with Gasteiger partial charge in [0.05, 0.1) is 12.1 Å². The minimum absolute atomic E-state index is 0.0770. The number of aromatic nitrogens is 1. The number of nitrogens with one attached hydrogen (secondary N) is 1. The van der Waals surface area contributed by atoms with Gasteiger partial charge >= 0.3 is 5.97 Å². The number of hydrogen-bond donors (Lipinski definition) is 2. The molecule has 34 heavy (non-hydrogen) atoms. The highest BCUT2D eigenvalue weighted by Crippen LogP contribution is 2.52. The van der Waals surface area contributed by atoms with E-state index < -0.39 is 11.9 Å². The van der Waals surface area contributed by atoms with Gasteiger partial charge in [0.2, 0.25) is 5.91 Å². The third-order valence-corrected chi connectivity index (χ3v) is 7.39. The largest absolute Gasteiger partial charge is 0.481 e. The molecule has 2 saturated carbocycles. The Morgan fingerprint density at radius 3 is 2.50 bits per heavy atom. The van der Waals surface area contributed by atoms with E-state index in [2.05, 4.69) is 37.3 Å². The Morgan fingerprint density at radius 2 is 1.91 bits per heavy atom. The van der Waals surface area contributed by atoms with E-state index >= 15 is 0 Å². The van der Waals surface area contributed by atoms with E-state index in [9.17, 15) is 14.7 Å². The summed E-state index contributed by atoms with van der Waals surface area (Å²) in [5.41, 5.74) is 4.79. The summed E-state index contributed by atoms with van der Waals surface area (Å²) in [4.78, 5) is 24.7. The molecule has 1 unspecified atom stereocenters. The normalized spacial score (nSPS) is 20.7. The second-order valence-electron chi connectivity index (χ2n) is 10.8. The second-order valence-corrected chi connectivity index (χ2v) is 10.8. The van der Waals surface area contributed by atoms with Crippen LogP contribution in [-0.4, -0.2) is 22.1 Å². The second kappa shape index (κ2) is 10.3. The molecule has 0 bridgehead atoms. The van der Waals surface area contributed by atoms with Gasteiger partial charge in [0.1, 0.15) is 5.76 Å². The lowest BCUT2D eigenvalue weighted by Gasteiger charge is -2.35. The summed E-state index contributed by atoms with van der Waals surface area (Å²) in [5.74, 6) is 1.54. The van der Waals surface area contributed by atoms with E-state index in [4.69, 9.17) is 4.52 Å². The molecule has 1 aromatic carbocycles. The molecule has 0 radical (unpaired) electrons. The zero-order valence-corrected chi connectivity index (χ0v) is 20.9. The van der Waals surface area contributed by atoms with Crippen LogP contribution in [-0.2, 0) is 16.0 Å². The first kappa shape index (κ1) is 24.5. The molecule has 0 aliphatic heterocycles. The number of carbonyl (C=O) groups is 2. The van der Waals surface area contributed by atoms with Crippen LogP contribution in [0.25, 0.3) is 0 Å². The van der Waals surface area contributed by atoms with Crippen LogP contribution < -0.4 is 5.32 Å². The Bertz CT molecular complexity index is 1030. The number of rotatable bonds is 11. The zero-order valence-electron chi connectivity index (χ0n) is 20.9. The molecule has 2 aliphatic carbocycles. The van der Waals surface area contributed by atoms with E-state index in [-0.39, 0.29) is 18.7 Å². The molecule has 0 spiro atoms. The van der Waals surface area contributed by atoms with Crippen molar-refractivity contribution in [2.75, 3.05) is 5.32 Å². The van der Waals surface area contributed by atoms with Crippen molar-refractivity contribution in [1.29, 1.82) is 0 Å². The highest BCUT2D eigenvalue weighted by Gasteiger charge is 2.42. The molecule has 6 nitrogen and oxygen atoms in total. The van der Waals surface area contributed by atoms with Gasteiger partial charge in [0, 0.05) is 29.5 Å². The van der Waals surface area contributed by atoms with Gasteiger partial charge < -0.3 is 14.9 Å². The van der Waals surface area contributed by atoms with Crippen molar-refractivity contribution in [2.45, 2.75) is 96.8 Å². The van der Waals surface area contributed by atoms with Crippen molar-refractivity contribution in [3.8, 4) is 0 Å². The van der Waals surface area contributed by atoms with Gasteiger partial charge in [-0.25, -0.2) is 0 Å². The third kappa shape index (κ3) is 5.70. The number of carboxylic acids is 1. The first-order valence-corrected chi connectivity index (χ1v) is 12.9. The molecule has 1 aromatic heterocycles. The predicted molar refractivity (Wildman–Crippen MR) is 132 cm³/mol. The number of anilines is 1. The molecule has 1 atom stereocenters. The van der Waals surface area contributed by atoms with Crippen LogP contribution in [0.3, 0.4) is 0 Å². The molecule has 2 N–H and O–H groups in total. The lowest BCUT2D eigenvalue weighted by atomic mass is 9.69. The summed E-state index contributed by atoms with van der Waals surface area (Å²) in [6.45, 7) is 8.60. The maximum Gasteiger partial charge on any atom is 0.304 e. The number of amides is 1. The molecule has 2 fully saturated rings. The lowest BCUT2D eigenvalue weighted by Crippen LogP contribution is -2.24. The Morgan fingerprint density at radius 1 is 1.18 bits per heavy atom. The Balaban J connectivity index is 1.51. The summed E-state index contributed by atoms with van der Waals surface area (Å²) in [7, 11) is 0. The van der Waals surface area contributed by atoms with Crippen molar-refractivity contribution in [3.05, 3.63) is 46.3 Å². The molecular weight excluding hydrogens is 428 g/mol. The highest BCUT2D eigenvalue weighted by molar-refractivity contribution is 5.92. The molecule has 4 rings (SSSR count). The van der Waals surface area contributed by atoms with E-state index in [0.717, 1.165) is 60.6 Å². The van der Waals surface area contributed by atoms with Crippen LogP contribution in [0.4, 0.5) is 5.69 Å². The summed E-state index contributed by atoms with van der Waals surface area (Å²) in [6.07, 6.45) is 6.51. The van der Waals surface area contributed by atoms with Crippen molar-refractivity contribution in [1.82, 2.24) is 5.16 Å². The van der Waals surface area contributed by atoms with Gasteiger partial charge in [-0.15, -0.1) is 0 Å². The van der Waals surface area contributed by atoms with E-state index in [1.54, 1.807) is 0 Å². The lowest BCUT2D eigenvalue weighted by molar-refractivity contribution is -0.137. The topological polar surface area (TPSA) is 92.4 Å². The third-order valence-electron chi connectivity index (χ3n) is 7.39. The van der Waals surface area contributed by atoms with Gasteiger partial charge in [-0.3, -0.25) is 9.59 Å². The van der Waals surface area contributed by atoms with Crippen LogP contribution in [0.15, 0.2) is 22.7 Å². The van der Waals surface area contributed by atoms with Crippen LogP contribution in [0.2, 0.25) is 0 Å². The van der Waals surface area contributed by atoms with Crippen LogP contribution in [0.5, 0.6) is 0 Å². The van der Waals surface area contributed by atoms with Crippen molar-refractivity contribution < 1.29 is 19.2 Å². The average Bonchev–Trinajstić information content (AvgIpc) is 3.49. The Labute approximate surface area is 202 Å². The van der Waals surface area contributed by atoms with Crippen molar-refractivity contribution in [2.24, 2.45) is 11.8 Å². The molecule has 2 aliphatic rings. The maximum absolute atomic E-state index is 13.0. The molecule has 1 heterocycles. The number of aliphatic carboxylic acids is 1. The smallest absolute Gasteiger partial charge is 0.304 e. The van der Waals surface area contributed by atoms with E-state index in [1.807, 2.05) is 19.1 Å². The fourth-order valence-electron chi connectivity index (χ4n) is 5.49. The highest BCUT2D eigenvalue weighted by atomic mass is 16.5. The number of hydrogen-bond acceptors (Lipinski definition) is 4. The number of carboxylic acid groups (broad SMARTS) is 1. The molecule has 0 saturated heterocycles. The molecule has 6 heteroatoms. The molecular formula is C28H38N2O4. The standard InChI is InChI=1S/C28H38N2O4/c1-5-18-6-9-23(17(4)11-18)29-24(31)14-21(15-25(32)33)27-26(20-7-8-20)28(34-30-27)22-12-19(13-22)10-16(2)3/h6,9,11,16,19-22H,5,7-8,10,12-15H2,1-4H3,(H,29,31)(H,32,33). The minimum Gasteiger partial charge on any atom is -0.481 e. The number of carbonyl (C=O) groups excluding carboxylic acids is 1. The molecule has 2 aromatic rings. The summed E-state index contributed by atoms with van der Waals surface area (Å²) in [6, 6.07) is 6.01. The van der Waals surface area contributed by atoms with E-state index in [0.29, 0.717) is 23.4 Å². The minimum atomic E-state index is -0.923. The summed E-state index contributed by atoms with van der Waals surface area (Å²) < 4.78 is 5.89. The molecule has 1 amide bonds. The van der Waals surface area contributed by atoms with Gasteiger partial charge in [0.15, 0.2) is 0 Å². The maximum atomic E-state index is 13.0. The summed E-state index contributed by atoms with van der Waals surface area (Å²) in [5, 5.41) is 17.0. The number of aryl methyl sites for hydroxylation is 2. The average molecular weight is 467 g/mol. The first-order valence-electron chi connectivity index (χ1n) is 12.9. The van der Waals surface area contributed by atoms with Crippen molar-refractivity contribution >= 4 is 17.6 Å². The fraction of sp³-hybridized carbons (Fsp3) is 0.607. The van der Waals surface area contributed by atoms with Crippen LogP contribution >= 0.6 is 0 Å². The van der Waals surface area contributed by atoms with Gasteiger partial charge in [-0.05, 0) is 80.4 Å². The fourth-order valence-corrected chi connectivity index (χ4v) is 5.49. The van der Waals surface area contributed by atoms with Crippen LogP contribution in [0, 0.1) is 18.8 Å². The zero-order chi connectivity index (χ0) is 24.4. The monoisotopic (exact) mass is 466 g/mol. The molecule has 184 valence electrons. The first-order chi connectivity index (χ1) is 16.2. The Kier molecular flexibility index (Phi) is 7.44. The van der Waals surface area contributed by atoms with Gasteiger partial charge in [-0.1, -0.05) is 38.1 Å². The predicted octanol–water partition coefficient (Wildman–Crippen LogP) is 6.55. The van der Waals surface area contributed by atoms with E-state index in [1.165, 1.54) is 12.0 Å². The van der Waals surface area contributed by atoms with Crippen molar-refractivity contribution in [3.63, 3.8) is 0 Å². The Hall–Kier alpha value is -2.63. The SMILES string of the molecule is CCc1ccc(NC(=O)CC(CC(=O)O)c2noc(C3CC(CC(C)C)C3)c2C2CC2)c(C)c1. The van der Waals surface area contributed by atoms with Gasteiger partial charge in [0.25, 0.3) is 0 Å². The van der Waals surface area contributed by atoms with Gasteiger partial charge in [-0.2, -0.15) is 0 Å². The summed E-state index contributed by atoms with van der Waals surface area (Å²) >= 11 is 0. The van der Waals surface area contributed by atoms with Crippen LogP contribution in [0.1, 0.15) is 112 Å².